The third-order valence-corrected chi connectivity index (χ3v) is 5.39. The molecule has 4 nitrogen and oxygen atoms in total. The molecule has 0 radical (unpaired) electrons. The number of nitrogens with zero attached hydrogens (tertiary/aromatic N) is 2. The first-order chi connectivity index (χ1) is 8.66. The topological polar surface area (TPSA) is 60.9 Å². The molecule has 1 amide bonds. The molecule has 4 aliphatic carbocycles. The fraction of sp³-hybridized carbons (Fsp3) is 0.714. The van der Waals surface area contributed by atoms with Crippen LogP contribution >= 0.6 is 0 Å². The van der Waals surface area contributed by atoms with Gasteiger partial charge in [-0.15, -0.1) is 0 Å². The number of imidazole rings is 1. The van der Waals surface area contributed by atoms with Crippen LogP contribution < -0.4 is 5.73 Å². The summed E-state index contributed by atoms with van der Waals surface area (Å²) in [4.78, 5) is 16.0. The fourth-order valence-electron chi connectivity index (χ4n) is 5.26. The van der Waals surface area contributed by atoms with Crippen LogP contribution in [0.15, 0.2) is 12.4 Å². The molecular formula is C14H19N3O. The highest BCUT2D eigenvalue weighted by molar-refractivity contribution is 5.75. The van der Waals surface area contributed by atoms with Gasteiger partial charge in [-0.1, -0.05) is 0 Å². The van der Waals surface area contributed by atoms with Crippen molar-refractivity contribution in [3.63, 3.8) is 0 Å². The maximum Gasteiger partial charge on any atom is 0.324 e. The van der Waals surface area contributed by atoms with E-state index in [2.05, 4.69) is 4.98 Å². The number of rotatable bonds is 1. The number of carbonyl (C=O) groups excluding carboxylic acids is 1. The summed E-state index contributed by atoms with van der Waals surface area (Å²) in [7, 11) is 0. The molecule has 1 aromatic heterocycles. The van der Waals surface area contributed by atoms with Gasteiger partial charge in [-0.05, 0) is 56.3 Å². The third-order valence-electron chi connectivity index (χ3n) is 5.39. The second-order valence-electron chi connectivity index (χ2n) is 6.66. The van der Waals surface area contributed by atoms with Crippen LogP contribution in [0.2, 0.25) is 0 Å². The van der Waals surface area contributed by atoms with E-state index in [1.165, 1.54) is 38.5 Å². The molecule has 18 heavy (non-hydrogen) atoms. The summed E-state index contributed by atoms with van der Waals surface area (Å²) in [6.07, 6.45) is 11.3. The van der Waals surface area contributed by atoms with Gasteiger partial charge in [0.2, 0.25) is 0 Å². The minimum atomic E-state index is -0.391. The van der Waals surface area contributed by atoms with Gasteiger partial charge in [-0.2, -0.15) is 0 Å². The smallest absolute Gasteiger partial charge is 0.324 e. The van der Waals surface area contributed by atoms with Gasteiger partial charge in [-0.25, -0.2) is 9.78 Å². The summed E-state index contributed by atoms with van der Waals surface area (Å²) in [6, 6.07) is -0.391. The lowest BCUT2D eigenvalue weighted by Gasteiger charge is -2.56. The Kier molecular flexibility index (Phi) is 1.98. The average molecular weight is 245 g/mol. The lowest BCUT2D eigenvalue weighted by atomic mass is 9.49. The summed E-state index contributed by atoms with van der Waals surface area (Å²) < 4.78 is 1.58. The number of aromatic nitrogens is 2. The van der Waals surface area contributed by atoms with Gasteiger partial charge in [0.1, 0.15) is 5.82 Å². The normalized spacial score (nSPS) is 41.2. The zero-order valence-corrected chi connectivity index (χ0v) is 10.5. The molecule has 4 aliphatic rings. The van der Waals surface area contributed by atoms with Crippen LogP contribution in [0.3, 0.4) is 0 Å². The van der Waals surface area contributed by atoms with Crippen molar-refractivity contribution in [1.29, 1.82) is 0 Å². The SMILES string of the molecule is NC(=O)n1ccnc1C12CC3CC(CC(C3)C1)C2. The fourth-order valence-corrected chi connectivity index (χ4v) is 5.26. The second-order valence-corrected chi connectivity index (χ2v) is 6.66. The van der Waals surface area contributed by atoms with E-state index in [4.69, 9.17) is 5.73 Å². The van der Waals surface area contributed by atoms with Gasteiger partial charge >= 0.3 is 6.03 Å². The van der Waals surface area contributed by atoms with Crippen molar-refractivity contribution in [2.45, 2.75) is 43.9 Å². The maximum absolute atomic E-state index is 11.5. The van der Waals surface area contributed by atoms with Crippen molar-refractivity contribution >= 4 is 6.03 Å². The predicted octanol–water partition coefficient (Wildman–Crippen LogP) is 2.28. The van der Waals surface area contributed by atoms with Crippen molar-refractivity contribution in [2.24, 2.45) is 23.5 Å². The Labute approximate surface area is 107 Å². The molecule has 4 fully saturated rings. The minimum Gasteiger partial charge on any atom is -0.351 e. The average Bonchev–Trinajstić information content (AvgIpc) is 2.76. The number of carbonyl (C=O) groups is 1. The van der Waals surface area contributed by atoms with Gasteiger partial charge in [0.25, 0.3) is 0 Å². The van der Waals surface area contributed by atoms with Gasteiger partial charge in [0.05, 0.1) is 0 Å². The Morgan fingerprint density at radius 3 is 2.28 bits per heavy atom. The van der Waals surface area contributed by atoms with Crippen molar-refractivity contribution in [3.8, 4) is 0 Å². The molecular weight excluding hydrogens is 226 g/mol. The number of hydrogen-bond acceptors (Lipinski definition) is 2. The molecule has 2 N–H and O–H groups in total. The first-order valence-corrected chi connectivity index (χ1v) is 7.00. The Bertz CT molecular complexity index is 470. The summed E-state index contributed by atoms with van der Waals surface area (Å²) in [5.74, 6) is 3.51. The number of nitrogens with two attached hydrogens (primary N) is 1. The van der Waals surface area contributed by atoms with E-state index in [-0.39, 0.29) is 5.41 Å². The zero-order valence-electron chi connectivity index (χ0n) is 10.5. The van der Waals surface area contributed by atoms with Crippen LogP contribution in [0.1, 0.15) is 44.3 Å². The number of primary amides is 1. The molecule has 5 rings (SSSR count). The van der Waals surface area contributed by atoms with E-state index < -0.39 is 6.03 Å². The van der Waals surface area contributed by atoms with Crippen molar-refractivity contribution in [1.82, 2.24) is 9.55 Å². The third kappa shape index (κ3) is 1.32. The lowest BCUT2D eigenvalue weighted by molar-refractivity contribution is -0.0101. The monoisotopic (exact) mass is 245 g/mol. The van der Waals surface area contributed by atoms with E-state index in [0.717, 1.165) is 23.6 Å². The van der Waals surface area contributed by atoms with Crippen molar-refractivity contribution in [2.75, 3.05) is 0 Å². The molecule has 4 heteroatoms. The quantitative estimate of drug-likeness (QED) is 0.825. The van der Waals surface area contributed by atoms with E-state index in [0.29, 0.717) is 0 Å². The second kappa shape index (κ2) is 3.37. The molecule has 0 saturated heterocycles. The summed E-state index contributed by atoms with van der Waals surface area (Å²) in [5, 5.41) is 0. The first-order valence-electron chi connectivity index (χ1n) is 7.00. The Hall–Kier alpha value is -1.32. The first kappa shape index (κ1) is 10.6. The number of hydrogen-bond donors (Lipinski definition) is 1. The minimum absolute atomic E-state index is 0.146. The van der Waals surface area contributed by atoms with Crippen molar-refractivity contribution in [3.05, 3.63) is 18.2 Å². The van der Waals surface area contributed by atoms with E-state index in [1.54, 1.807) is 17.0 Å². The van der Waals surface area contributed by atoms with Gasteiger partial charge in [0.15, 0.2) is 0 Å². The zero-order chi connectivity index (χ0) is 12.3. The molecule has 0 aromatic carbocycles. The van der Waals surface area contributed by atoms with Crippen molar-refractivity contribution < 1.29 is 4.79 Å². The predicted molar refractivity (Wildman–Crippen MR) is 67.1 cm³/mol. The van der Waals surface area contributed by atoms with Gasteiger partial charge < -0.3 is 5.73 Å². The largest absolute Gasteiger partial charge is 0.351 e. The van der Waals surface area contributed by atoms with Crippen LogP contribution in [-0.2, 0) is 5.41 Å². The van der Waals surface area contributed by atoms with Crippen LogP contribution in [-0.4, -0.2) is 15.6 Å². The maximum atomic E-state index is 11.5. The summed E-state index contributed by atoms with van der Waals surface area (Å²) >= 11 is 0. The molecule has 0 atom stereocenters. The number of amides is 1. The van der Waals surface area contributed by atoms with E-state index in [9.17, 15) is 4.79 Å². The standard InChI is InChI=1S/C14H19N3O/c15-13(18)17-2-1-16-12(17)14-6-9-3-10(7-14)5-11(4-9)8-14/h1-2,9-11H,3-8H2,(H2,15,18). The highest BCUT2D eigenvalue weighted by Crippen LogP contribution is 2.60. The van der Waals surface area contributed by atoms with Crippen LogP contribution in [0.4, 0.5) is 4.79 Å². The van der Waals surface area contributed by atoms with Gasteiger partial charge in [-0.3, -0.25) is 4.57 Å². The molecule has 0 spiro atoms. The molecule has 96 valence electrons. The van der Waals surface area contributed by atoms with Crippen LogP contribution in [0.25, 0.3) is 0 Å². The van der Waals surface area contributed by atoms with E-state index >= 15 is 0 Å². The van der Waals surface area contributed by atoms with E-state index in [1.807, 2.05) is 0 Å². The Morgan fingerprint density at radius 1 is 1.22 bits per heavy atom. The highest BCUT2D eigenvalue weighted by Gasteiger charge is 2.53. The Morgan fingerprint density at radius 2 is 1.78 bits per heavy atom. The highest BCUT2D eigenvalue weighted by atomic mass is 16.2. The molecule has 1 heterocycles. The Balaban J connectivity index is 1.79. The molecule has 4 saturated carbocycles. The molecule has 4 bridgehead atoms. The molecule has 0 aliphatic heterocycles. The summed E-state index contributed by atoms with van der Waals surface area (Å²) in [6.45, 7) is 0. The summed E-state index contributed by atoms with van der Waals surface area (Å²) in [5.41, 5.74) is 5.61. The van der Waals surface area contributed by atoms with Crippen LogP contribution in [0.5, 0.6) is 0 Å². The van der Waals surface area contributed by atoms with Crippen LogP contribution in [0, 0.1) is 17.8 Å². The van der Waals surface area contributed by atoms with Gasteiger partial charge in [0, 0.05) is 17.8 Å². The molecule has 0 unspecified atom stereocenters. The lowest BCUT2D eigenvalue weighted by Crippen LogP contribution is -2.50. The molecule has 1 aromatic rings.